The maximum absolute atomic E-state index is 11.8. The standard InChI is InChI=1S/C13H18N4O2/c1-10(18)17-8-4-12(5-9-17)16-13(19)15-11-2-6-14-7-3-11/h2-3,6-7,12H,4-5,8-9H2,1H3,(H2,14,15,16,19). The summed E-state index contributed by atoms with van der Waals surface area (Å²) in [6, 6.07) is 3.38. The lowest BCUT2D eigenvalue weighted by Gasteiger charge is -2.31. The van der Waals surface area contributed by atoms with Crippen LogP contribution < -0.4 is 10.6 Å². The van der Waals surface area contributed by atoms with Gasteiger partial charge in [-0.3, -0.25) is 9.78 Å². The summed E-state index contributed by atoms with van der Waals surface area (Å²) in [6.07, 6.45) is 4.84. The highest BCUT2D eigenvalue weighted by Gasteiger charge is 2.21. The van der Waals surface area contributed by atoms with Gasteiger partial charge < -0.3 is 15.5 Å². The van der Waals surface area contributed by atoms with E-state index in [0.717, 1.165) is 12.8 Å². The van der Waals surface area contributed by atoms with Crippen LogP contribution in [0, 0.1) is 0 Å². The molecule has 2 heterocycles. The minimum atomic E-state index is -0.215. The summed E-state index contributed by atoms with van der Waals surface area (Å²) in [4.78, 5) is 28.7. The summed E-state index contributed by atoms with van der Waals surface area (Å²) in [6.45, 7) is 2.98. The van der Waals surface area contributed by atoms with Gasteiger partial charge >= 0.3 is 6.03 Å². The van der Waals surface area contributed by atoms with Crippen LogP contribution in [0.4, 0.5) is 10.5 Å². The van der Waals surface area contributed by atoms with Crippen molar-refractivity contribution in [1.29, 1.82) is 0 Å². The van der Waals surface area contributed by atoms with Crippen LogP contribution in [0.5, 0.6) is 0 Å². The number of urea groups is 1. The Kier molecular flexibility index (Phi) is 4.33. The van der Waals surface area contributed by atoms with E-state index in [0.29, 0.717) is 18.8 Å². The van der Waals surface area contributed by atoms with Crippen LogP contribution in [0.1, 0.15) is 19.8 Å². The number of carbonyl (C=O) groups is 2. The van der Waals surface area contributed by atoms with Gasteiger partial charge in [-0.1, -0.05) is 0 Å². The van der Waals surface area contributed by atoms with E-state index in [1.54, 1.807) is 36.4 Å². The molecular weight excluding hydrogens is 244 g/mol. The van der Waals surface area contributed by atoms with Gasteiger partial charge in [0.2, 0.25) is 5.91 Å². The molecule has 0 aromatic carbocycles. The summed E-state index contributed by atoms with van der Waals surface area (Å²) in [5.41, 5.74) is 0.716. The molecule has 1 aliphatic rings. The Morgan fingerprint density at radius 3 is 2.47 bits per heavy atom. The number of hydrogen-bond donors (Lipinski definition) is 2. The lowest BCUT2D eigenvalue weighted by molar-refractivity contribution is -0.129. The highest BCUT2D eigenvalue weighted by Crippen LogP contribution is 2.11. The van der Waals surface area contributed by atoms with Crippen molar-refractivity contribution < 1.29 is 9.59 Å². The summed E-state index contributed by atoms with van der Waals surface area (Å²) >= 11 is 0. The predicted octanol–water partition coefficient (Wildman–Crippen LogP) is 1.21. The molecule has 2 rings (SSSR count). The van der Waals surface area contributed by atoms with Gasteiger partial charge in [0.25, 0.3) is 0 Å². The summed E-state index contributed by atoms with van der Waals surface area (Å²) in [7, 11) is 0. The Hall–Kier alpha value is -2.11. The van der Waals surface area contributed by atoms with Crippen molar-refractivity contribution in [2.75, 3.05) is 18.4 Å². The highest BCUT2D eigenvalue weighted by atomic mass is 16.2. The molecule has 1 aromatic rings. The van der Waals surface area contributed by atoms with Crippen molar-refractivity contribution in [1.82, 2.24) is 15.2 Å². The number of likely N-dealkylation sites (tertiary alicyclic amines) is 1. The summed E-state index contributed by atoms with van der Waals surface area (Å²) in [5, 5.41) is 5.67. The Labute approximate surface area is 112 Å². The molecule has 1 fully saturated rings. The van der Waals surface area contributed by atoms with E-state index in [-0.39, 0.29) is 18.0 Å². The lowest BCUT2D eigenvalue weighted by Crippen LogP contribution is -2.47. The molecule has 2 N–H and O–H groups in total. The second-order valence-electron chi connectivity index (χ2n) is 4.61. The zero-order valence-electron chi connectivity index (χ0n) is 10.9. The number of aromatic nitrogens is 1. The molecular formula is C13H18N4O2. The molecule has 0 aliphatic carbocycles. The third-order valence-corrected chi connectivity index (χ3v) is 3.21. The third-order valence-electron chi connectivity index (χ3n) is 3.21. The van der Waals surface area contributed by atoms with Crippen molar-refractivity contribution in [3.8, 4) is 0 Å². The number of piperidine rings is 1. The molecule has 0 saturated carbocycles. The van der Waals surface area contributed by atoms with Gasteiger partial charge in [0.05, 0.1) is 0 Å². The van der Waals surface area contributed by atoms with Gasteiger partial charge in [-0.25, -0.2) is 4.79 Å². The van der Waals surface area contributed by atoms with Crippen molar-refractivity contribution >= 4 is 17.6 Å². The molecule has 6 nitrogen and oxygen atoms in total. The van der Waals surface area contributed by atoms with Crippen molar-refractivity contribution in [3.63, 3.8) is 0 Å². The lowest BCUT2D eigenvalue weighted by atomic mass is 10.1. The fourth-order valence-corrected chi connectivity index (χ4v) is 2.13. The number of amides is 3. The Bertz CT molecular complexity index is 441. The zero-order chi connectivity index (χ0) is 13.7. The van der Waals surface area contributed by atoms with Crippen LogP contribution in [0.15, 0.2) is 24.5 Å². The molecule has 1 aromatic heterocycles. The number of nitrogens with one attached hydrogen (secondary N) is 2. The molecule has 0 spiro atoms. The largest absolute Gasteiger partial charge is 0.343 e. The molecule has 0 radical (unpaired) electrons. The molecule has 19 heavy (non-hydrogen) atoms. The van der Waals surface area contributed by atoms with E-state index in [4.69, 9.17) is 0 Å². The number of carbonyl (C=O) groups excluding carboxylic acids is 2. The summed E-state index contributed by atoms with van der Waals surface area (Å²) < 4.78 is 0. The quantitative estimate of drug-likeness (QED) is 0.841. The van der Waals surface area contributed by atoms with Crippen LogP contribution in [-0.4, -0.2) is 41.0 Å². The number of anilines is 1. The van der Waals surface area contributed by atoms with Crippen molar-refractivity contribution in [2.24, 2.45) is 0 Å². The van der Waals surface area contributed by atoms with Crippen LogP contribution in [0.25, 0.3) is 0 Å². The molecule has 6 heteroatoms. The van der Waals surface area contributed by atoms with Crippen LogP contribution >= 0.6 is 0 Å². The maximum atomic E-state index is 11.8. The van der Waals surface area contributed by atoms with Gasteiger partial charge in [-0.05, 0) is 25.0 Å². The number of nitrogens with zero attached hydrogens (tertiary/aromatic N) is 2. The fourth-order valence-electron chi connectivity index (χ4n) is 2.13. The molecule has 102 valence electrons. The van der Waals surface area contributed by atoms with E-state index < -0.39 is 0 Å². The third kappa shape index (κ3) is 3.94. The molecule has 0 atom stereocenters. The van der Waals surface area contributed by atoms with Gasteiger partial charge in [0, 0.05) is 44.1 Å². The smallest absolute Gasteiger partial charge is 0.319 e. The average molecular weight is 262 g/mol. The minimum Gasteiger partial charge on any atom is -0.343 e. The SMILES string of the molecule is CC(=O)N1CCC(NC(=O)Nc2ccncc2)CC1. The topological polar surface area (TPSA) is 74.3 Å². The van der Waals surface area contributed by atoms with Gasteiger partial charge in [-0.2, -0.15) is 0 Å². The number of rotatable bonds is 2. The number of pyridine rings is 1. The Morgan fingerprint density at radius 2 is 1.89 bits per heavy atom. The predicted molar refractivity (Wildman–Crippen MR) is 71.7 cm³/mol. The first-order chi connectivity index (χ1) is 9.15. The molecule has 0 unspecified atom stereocenters. The van der Waals surface area contributed by atoms with Crippen LogP contribution in [-0.2, 0) is 4.79 Å². The first kappa shape index (κ1) is 13.3. The Morgan fingerprint density at radius 1 is 1.26 bits per heavy atom. The Balaban J connectivity index is 1.76. The van der Waals surface area contributed by atoms with E-state index in [1.165, 1.54) is 0 Å². The fraction of sp³-hybridized carbons (Fsp3) is 0.462. The zero-order valence-corrected chi connectivity index (χ0v) is 10.9. The van der Waals surface area contributed by atoms with E-state index >= 15 is 0 Å². The second-order valence-corrected chi connectivity index (χ2v) is 4.61. The van der Waals surface area contributed by atoms with Gasteiger partial charge in [-0.15, -0.1) is 0 Å². The van der Waals surface area contributed by atoms with Crippen LogP contribution in [0.3, 0.4) is 0 Å². The minimum absolute atomic E-state index is 0.0969. The van der Waals surface area contributed by atoms with Crippen molar-refractivity contribution in [2.45, 2.75) is 25.8 Å². The maximum Gasteiger partial charge on any atom is 0.319 e. The summed E-state index contributed by atoms with van der Waals surface area (Å²) in [5.74, 6) is 0.0969. The first-order valence-electron chi connectivity index (χ1n) is 6.38. The van der Waals surface area contributed by atoms with Crippen LogP contribution in [0.2, 0.25) is 0 Å². The molecule has 1 saturated heterocycles. The normalized spacial score (nSPS) is 15.9. The molecule has 0 bridgehead atoms. The first-order valence-corrected chi connectivity index (χ1v) is 6.38. The van der Waals surface area contributed by atoms with E-state index in [1.807, 2.05) is 0 Å². The van der Waals surface area contributed by atoms with Gasteiger partial charge in [0.15, 0.2) is 0 Å². The number of hydrogen-bond acceptors (Lipinski definition) is 3. The molecule has 3 amide bonds. The monoisotopic (exact) mass is 262 g/mol. The van der Waals surface area contributed by atoms with Gasteiger partial charge in [0.1, 0.15) is 0 Å². The molecule has 1 aliphatic heterocycles. The second kappa shape index (κ2) is 6.17. The van der Waals surface area contributed by atoms with E-state index in [2.05, 4.69) is 15.6 Å². The van der Waals surface area contributed by atoms with E-state index in [9.17, 15) is 9.59 Å². The average Bonchev–Trinajstić information content (AvgIpc) is 2.40. The highest BCUT2D eigenvalue weighted by molar-refractivity contribution is 5.89. The van der Waals surface area contributed by atoms with Crippen molar-refractivity contribution in [3.05, 3.63) is 24.5 Å².